The van der Waals surface area contributed by atoms with Crippen LogP contribution in [0.1, 0.15) is 35.7 Å². The Morgan fingerprint density at radius 1 is 1.17 bits per heavy atom. The summed E-state index contributed by atoms with van der Waals surface area (Å²) in [6, 6.07) is 11.1. The molecule has 7 nitrogen and oxygen atoms in total. The number of hydrogen-bond acceptors (Lipinski definition) is 5. The maximum atomic E-state index is 12.9. The molecular weight excluding hydrogens is 392 g/mol. The second kappa shape index (κ2) is 7.51. The zero-order valence-corrected chi connectivity index (χ0v) is 16.9. The number of benzene rings is 2. The Balaban J connectivity index is 1.59. The number of sulfonamides is 1. The molecule has 2 aliphatic rings. The highest BCUT2D eigenvalue weighted by atomic mass is 32.2. The van der Waals surface area contributed by atoms with E-state index in [0.717, 1.165) is 24.1 Å². The molecule has 1 fully saturated rings. The summed E-state index contributed by atoms with van der Waals surface area (Å²) in [4.78, 5) is 26.4. The molecule has 29 heavy (non-hydrogen) atoms. The first-order chi connectivity index (χ1) is 13.9. The van der Waals surface area contributed by atoms with Crippen LogP contribution in [0.2, 0.25) is 0 Å². The summed E-state index contributed by atoms with van der Waals surface area (Å²) in [5.41, 5.74) is 1.94. The monoisotopic (exact) mass is 414 g/mol. The lowest BCUT2D eigenvalue weighted by molar-refractivity contribution is -0.119. The number of nitrogens with one attached hydrogen (secondary N) is 1. The van der Waals surface area contributed by atoms with E-state index in [1.165, 1.54) is 18.2 Å². The molecule has 1 aliphatic heterocycles. The quantitative estimate of drug-likeness (QED) is 0.734. The van der Waals surface area contributed by atoms with Crippen LogP contribution < -0.4 is 9.62 Å². The second-order valence-corrected chi connectivity index (χ2v) is 8.86. The molecule has 1 amide bonds. The predicted octanol–water partition coefficient (Wildman–Crippen LogP) is 2.96. The van der Waals surface area contributed by atoms with Crippen LogP contribution in [0.3, 0.4) is 0 Å². The third kappa shape index (κ3) is 3.85. The van der Waals surface area contributed by atoms with Crippen LogP contribution in [0.15, 0.2) is 47.4 Å². The van der Waals surface area contributed by atoms with Crippen molar-refractivity contribution in [3.8, 4) is 0 Å². The summed E-state index contributed by atoms with van der Waals surface area (Å²) in [6.07, 6.45) is 2.48. The number of hydrogen-bond donors (Lipinski definition) is 1. The zero-order valence-electron chi connectivity index (χ0n) is 16.1. The van der Waals surface area contributed by atoms with Crippen molar-refractivity contribution < 1.29 is 22.7 Å². The Morgan fingerprint density at radius 2 is 1.93 bits per heavy atom. The Bertz CT molecular complexity index is 1080. The van der Waals surface area contributed by atoms with Gasteiger partial charge in [0.2, 0.25) is 5.91 Å². The fourth-order valence-electron chi connectivity index (χ4n) is 3.49. The smallest absolute Gasteiger partial charge is 0.340 e. The molecule has 0 radical (unpaired) electrons. The second-order valence-electron chi connectivity index (χ2n) is 7.18. The lowest BCUT2D eigenvalue weighted by Gasteiger charge is -2.17. The topological polar surface area (TPSA) is 92.8 Å². The van der Waals surface area contributed by atoms with Crippen molar-refractivity contribution in [1.82, 2.24) is 0 Å². The number of carbonyl (C=O) groups excluding carboxylic acids is 2. The van der Waals surface area contributed by atoms with Crippen molar-refractivity contribution in [3.63, 3.8) is 0 Å². The van der Waals surface area contributed by atoms with Crippen LogP contribution in [0, 0.1) is 5.92 Å². The van der Waals surface area contributed by atoms with Crippen LogP contribution in [0.25, 0.3) is 0 Å². The molecule has 0 unspecified atom stereocenters. The maximum absolute atomic E-state index is 12.9. The van der Waals surface area contributed by atoms with Gasteiger partial charge in [0.1, 0.15) is 0 Å². The number of para-hydroxylation sites is 1. The first-order valence-corrected chi connectivity index (χ1v) is 11.1. The number of amides is 1. The molecular formula is C21H22N2O5S. The Labute approximate surface area is 169 Å². The molecule has 0 aromatic heterocycles. The van der Waals surface area contributed by atoms with E-state index in [1.54, 1.807) is 36.1 Å². The van der Waals surface area contributed by atoms with Crippen molar-refractivity contribution >= 4 is 33.3 Å². The van der Waals surface area contributed by atoms with Gasteiger partial charge in [-0.3, -0.25) is 9.52 Å². The number of fused-ring (bicyclic) bond motifs is 1. The van der Waals surface area contributed by atoms with Gasteiger partial charge in [0, 0.05) is 18.2 Å². The van der Waals surface area contributed by atoms with Crippen LogP contribution in [0.4, 0.5) is 11.4 Å². The zero-order chi connectivity index (χ0) is 20.6. The van der Waals surface area contributed by atoms with E-state index in [-0.39, 0.29) is 34.6 Å². The van der Waals surface area contributed by atoms with Gasteiger partial charge >= 0.3 is 5.97 Å². The van der Waals surface area contributed by atoms with E-state index >= 15 is 0 Å². The third-order valence-corrected chi connectivity index (χ3v) is 6.48. The van der Waals surface area contributed by atoms with E-state index < -0.39 is 16.0 Å². The van der Waals surface area contributed by atoms with Crippen LogP contribution in [-0.4, -0.2) is 33.4 Å². The van der Waals surface area contributed by atoms with Gasteiger partial charge in [-0.15, -0.1) is 0 Å². The Kier molecular flexibility index (Phi) is 5.04. The first-order valence-electron chi connectivity index (χ1n) is 9.64. The molecule has 0 spiro atoms. The highest BCUT2D eigenvalue weighted by molar-refractivity contribution is 7.92. The molecule has 4 rings (SSSR count). The number of esters is 1. The van der Waals surface area contributed by atoms with Gasteiger partial charge in [-0.25, -0.2) is 13.2 Å². The molecule has 0 bridgehead atoms. The fourth-order valence-corrected chi connectivity index (χ4v) is 4.62. The average molecular weight is 414 g/mol. The molecule has 2 aromatic carbocycles. The molecule has 0 atom stereocenters. The molecule has 2 aromatic rings. The standard InChI is InChI=1S/C21H22N2O5S/c1-2-28-21(25)17-5-3-4-6-18(17)22-29(26,27)16-9-10-19-15(13-16)11-12-23(19)20(24)14-7-8-14/h3-6,9-10,13-14,22H,2,7-8,11-12H2,1H3. The van der Waals surface area contributed by atoms with Crippen molar-refractivity contribution in [2.24, 2.45) is 5.92 Å². The minimum Gasteiger partial charge on any atom is -0.462 e. The Hall–Kier alpha value is -2.87. The minimum atomic E-state index is -3.91. The van der Waals surface area contributed by atoms with Gasteiger partial charge in [0.15, 0.2) is 0 Å². The van der Waals surface area contributed by atoms with Crippen molar-refractivity contribution in [3.05, 3.63) is 53.6 Å². The summed E-state index contributed by atoms with van der Waals surface area (Å²) < 4.78 is 33.3. The normalized spacial score (nSPS) is 15.7. The molecule has 0 saturated heterocycles. The van der Waals surface area contributed by atoms with Gasteiger partial charge < -0.3 is 9.64 Å². The molecule has 1 aliphatic carbocycles. The van der Waals surface area contributed by atoms with E-state index in [2.05, 4.69) is 4.72 Å². The van der Waals surface area contributed by atoms with E-state index in [1.807, 2.05) is 0 Å². The minimum absolute atomic E-state index is 0.0932. The molecule has 1 N–H and O–H groups in total. The Morgan fingerprint density at radius 3 is 2.66 bits per heavy atom. The highest BCUT2D eigenvalue weighted by Crippen LogP contribution is 2.37. The number of nitrogens with zero attached hydrogens (tertiary/aromatic N) is 1. The highest BCUT2D eigenvalue weighted by Gasteiger charge is 2.36. The van der Waals surface area contributed by atoms with Crippen molar-refractivity contribution in [2.45, 2.75) is 31.1 Å². The van der Waals surface area contributed by atoms with E-state index in [4.69, 9.17) is 4.74 Å². The summed E-state index contributed by atoms with van der Waals surface area (Å²) in [7, 11) is -3.91. The summed E-state index contributed by atoms with van der Waals surface area (Å²) in [6.45, 7) is 2.46. The summed E-state index contributed by atoms with van der Waals surface area (Å²) in [5, 5.41) is 0. The van der Waals surface area contributed by atoms with Crippen molar-refractivity contribution in [1.29, 1.82) is 0 Å². The summed E-state index contributed by atoms with van der Waals surface area (Å²) in [5.74, 6) is -0.347. The number of carbonyl (C=O) groups is 2. The molecule has 1 heterocycles. The average Bonchev–Trinajstić information content (AvgIpc) is 3.46. The molecule has 8 heteroatoms. The fraction of sp³-hybridized carbons (Fsp3) is 0.333. The van der Waals surface area contributed by atoms with Crippen LogP contribution in [-0.2, 0) is 26.0 Å². The number of anilines is 2. The predicted molar refractivity (Wildman–Crippen MR) is 108 cm³/mol. The van der Waals surface area contributed by atoms with E-state index in [0.29, 0.717) is 13.0 Å². The van der Waals surface area contributed by atoms with Gasteiger partial charge in [0.25, 0.3) is 10.0 Å². The van der Waals surface area contributed by atoms with Gasteiger partial charge in [-0.2, -0.15) is 0 Å². The van der Waals surface area contributed by atoms with Gasteiger partial charge in [-0.05, 0) is 62.1 Å². The van der Waals surface area contributed by atoms with Gasteiger partial charge in [0.05, 0.1) is 22.8 Å². The van der Waals surface area contributed by atoms with E-state index in [9.17, 15) is 18.0 Å². The molecule has 152 valence electrons. The maximum Gasteiger partial charge on any atom is 0.340 e. The number of ether oxygens (including phenoxy) is 1. The van der Waals surface area contributed by atoms with Crippen molar-refractivity contribution in [2.75, 3.05) is 22.8 Å². The first kappa shape index (κ1) is 19.4. The number of rotatable bonds is 6. The molecule has 1 saturated carbocycles. The largest absolute Gasteiger partial charge is 0.462 e. The lowest BCUT2D eigenvalue weighted by atomic mass is 10.2. The van der Waals surface area contributed by atoms with Crippen LogP contribution >= 0.6 is 0 Å². The SMILES string of the molecule is CCOC(=O)c1ccccc1NS(=O)(=O)c1ccc2c(c1)CCN2C(=O)C1CC1. The lowest BCUT2D eigenvalue weighted by Crippen LogP contribution is -2.30. The third-order valence-electron chi connectivity index (χ3n) is 5.12. The summed E-state index contributed by atoms with van der Waals surface area (Å²) >= 11 is 0. The van der Waals surface area contributed by atoms with Crippen LogP contribution in [0.5, 0.6) is 0 Å². The van der Waals surface area contributed by atoms with Gasteiger partial charge in [-0.1, -0.05) is 12.1 Å².